The van der Waals surface area contributed by atoms with Gasteiger partial charge in [-0.3, -0.25) is 9.59 Å². The fourth-order valence-corrected chi connectivity index (χ4v) is 4.69. The zero-order chi connectivity index (χ0) is 27.5. The molecular weight excluding hydrogens is 507 g/mol. The highest BCUT2D eigenvalue weighted by Crippen LogP contribution is 2.38. The van der Waals surface area contributed by atoms with Crippen LogP contribution in [-0.2, 0) is 11.2 Å². The maximum Gasteiger partial charge on any atom is 0.257 e. The Bertz CT molecular complexity index is 1490. The van der Waals surface area contributed by atoms with Gasteiger partial charge in [0.05, 0.1) is 22.9 Å². The van der Waals surface area contributed by atoms with Crippen molar-refractivity contribution in [3.05, 3.63) is 95.6 Å². The number of H-pyrrole nitrogens is 1. The van der Waals surface area contributed by atoms with Gasteiger partial charge in [0.1, 0.15) is 11.6 Å². The number of anilines is 3. The Morgan fingerprint density at radius 2 is 1.85 bits per heavy atom. The molecule has 7 nitrogen and oxygen atoms in total. The number of aromatic nitrogens is 2. The molecule has 0 spiro atoms. The molecule has 0 saturated carbocycles. The summed E-state index contributed by atoms with van der Waals surface area (Å²) in [5, 5.41) is 5.99. The SMILES string of the molecule is CN1CCc2[nH]c(-c3ccnc(NC(=O)C(CC(F)F)c4ccc(F)cc4)c3)c(Nc3ccccc3)c2C1=O. The van der Waals surface area contributed by atoms with Crippen molar-refractivity contribution in [2.45, 2.75) is 25.2 Å². The fourth-order valence-electron chi connectivity index (χ4n) is 4.69. The Hall–Kier alpha value is -4.60. The largest absolute Gasteiger partial charge is 0.356 e. The van der Waals surface area contributed by atoms with E-state index in [0.29, 0.717) is 35.5 Å². The summed E-state index contributed by atoms with van der Waals surface area (Å²) in [6, 6.07) is 17.7. The molecule has 3 heterocycles. The van der Waals surface area contributed by atoms with E-state index in [0.717, 1.165) is 23.5 Å². The molecule has 0 radical (unpaired) electrons. The summed E-state index contributed by atoms with van der Waals surface area (Å²) >= 11 is 0. The van der Waals surface area contributed by atoms with Gasteiger partial charge in [-0.2, -0.15) is 0 Å². The Morgan fingerprint density at radius 3 is 2.56 bits per heavy atom. The van der Waals surface area contributed by atoms with Gasteiger partial charge < -0.3 is 20.5 Å². The standard InChI is InChI=1S/C29H26F3N5O2/c1-37-14-12-22-25(29(37)39)27(34-20-5-3-2-4-6-20)26(35-22)18-11-13-33-24(15-18)36-28(38)21(16-23(31)32)17-7-9-19(30)10-8-17/h2-11,13,15,21,23,34-35H,12,14,16H2,1H3,(H,33,36,38). The van der Waals surface area contributed by atoms with Crippen LogP contribution in [0.4, 0.5) is 30.4 Å². The van der Waals surface area contributed by atoms with Crippen molar-refractivity contribution in [1.29, 1.82) is 0 Å². The number of hydrogen-bond acceptors (Lipinski definition) is 4. The number of rotatable bonds is 8. The lowest BCUT2D eigenvalue weighted by Gasteiger charge is -2.23. The molecule has 1 unspecified atom stereocenters. The zero-order valence-electron chi connectivity index (χ0n) is 21.0. The molecular formula is C29H26F3N5O2. The van der Waals surface area contributed by atoms with Gasteiger partial charge >= 0.3 is 0 Å². The van der Waals surface area contributed by atoms with Gasteiger partial charge in [-0.25, -0.2) is 18.2 Å². The number of hydrogen-bond donors (Lipinski definition) is 3. The zero-order valence-corrected chi connectivity index (χ0v) is 21.0. The van der Waals surface area contributed by atoms with E-state index in [9.17, 15) is 22.8 Å². The van der Waals surface area contributed by atoms with Crippen molar-refractivity contribution >= 4 is 29.0 Å². The number of fused-ring (bicyclic) bond motifs is 1. The van der Waals surface area contributed by atoms with Gasteiger partial charge in [0, 0.05) is 49.6 Å². The van der Waals surface area contributed by atoms with Gasteiger partial charge in [0.15, 0.2) is 0 Å². The second kappa shape index (κ2) is 11.0. The molecule has 10 heteroatoms. The van der Waals surface area contributed by atoms with E-state index in [-0.39, 0.29) is 17.3 Å². The quantitative estimate of drug-likeness (QED) is 0.261. The van der Waals surface area contributed by atoms with E-state index < -0.39 is 30.5 Å². The lowest BCUT2D eigenvalue weighted by Crippen LogP contribution is -2.34. The molecule has 1 aliphatic rings. The summed E-state index contributed by atoms with van der Waals surface area (Å²) in [4.78, 5) is 35.4. The number of amides is 2. The minimum Gasteiger partial charge on any atom is -0.356 e. The average molecular weight is 534 g/mol. The van der Waals surface area contributed by atoms with Crippen LogP contribution in [0.25, 0.3) is 11.3 Å². The van der Waals surface area contributed by atoms with Crippen LogP contribution in [0.2, 0.25) is 0 Å². The van der Waals surface area contributed by atoms with Crippen LogP contribution in [0.1, 0.15) is 34.0 Å². The van der Waals surface area contributed by atoms with Gasteiger partial charge in [0.2, 0.25) is 12.3 Å². The summed E-state index contributed by atoms with van der Waals surface area (Å²) in [6.45, 7) is 0.573. The molecule has 4 aromatic rings. The number of nitrogens with one attached hydrogen (secondary N) is 3. The maximum atomic E-state index is 13.4. The number of carbonyl (C=O) groups excluding carboxylic acids is 2. The monoisotopic (exact) mass is 533 g/mol. The number of aromatic amines is 1. The highest BCUT2D eigenvalue weighted by atomic mass is 19.3. The number of alkyl halides is 2. The number of carbonyl (C=O) groups is 2. The topological polar surface area (TPSA) is 90.1 Å². The van der Waals surface area contributed by atoms with Gasteiger partial charge in [-0.1, -0.05) is 30.3 Å². The Balaban J connectivity index is 1.48. The fraction of sp³-hybridized carbons (Fsp3) is 0.207. The van der Waals surface area contributed by atoms with Crippen LogP contribution in [0, 0.1) is 5.82 Å². The molecule has 0 bridgehead atoms. The molecule has 1 atom stereocenters. The molecule has 2 aromatic carbocycles. The van der Waals surface area contributed by atoms with Gasteiger partial charge in [-0.05, 0) is 42.0 Å². The number of likely N-dealkylation sites (N-methyl/N-ethyl adjacent to an activating group) is 1. The predicted octanol–water partition coefficient (Wildman–Crippen LogP) is 5.97. The predicted molar refractivity (Wildman–Crippen MR) is 143 cm³/mol. The summed E-state index contributed by atoms with van der Waals surface area (Å²) in [5.74, 6) is -2.37. The first-order valence-electron chi connectivity index (χ1n) is 12.4. The first-order chi connectivity index (χ1) is 18.8. The van der Waals surface area contributed by atoms with Crippen molar-refractivity contribution in [3.63, 3.8) is 0 Å². The number of pyridine rings is 1. The molecule has 5 rings (SSSR count). The molecule has 1 aliphatic heterocycles. The minimum absolute atomic E-state index is 0.117. The number of para-hydroxylation sites is 1. The van der Waals surface area contributed by atoms with Crippen molar-refractivity contribution in [3.8, 4) is 11.3 Å². The van der Waals surface area contributed by atoms with Crippen LogP contribution >= 0.6 is 0 Å². The van der Waals surface area contributed by atoms with Crippen LogP contribution in [0.5, 0.6) is 0 Å². The molecule has 200 valence electrons. The second-order valence-electron chi connectivity index (χ2n) is 9.35. The van der Waals surface area contributed by atoms with Crippen molar-refractivity contribution < 1.29 is 22.8 Å². The molecule has 2 aromatic heterocycles. The van der Waals surface area contributed by atoms with E-state index in [1.807, 2.05) is 30.3 Å². The van der Waals surface area contributed by atoms with Gasteiger partial charge in [0.25, 0.3) is 5.91 Å². The number of halogens is 3. The van der Waals surface area contributed by atoms with E-state index >= 15 is 0 Å². The van der Waals surface area contributed by atoms with Crippen LogP contribution < -0.4 is 10.6 Å². The first-order valence-corrected chi connectivity index (χ1v) is 12.4. The molecule has 2 amide bonds. The molecule has 39 heavy (non-hydrogen) atoms. The van der Waals surface area contributed by atoms with Crippen LogP contribution in [0.3, 0.4) is 0 Å². The van der Waals surface area contributed by atoms with Crippen LogP contribution in [-0.4, -0.2) is 46.7 Å². The molecule has 0 saturated heterocycles. The molecule has 0 fully saturated rings. The molecule has 0 aliphatic carbocycles. The Labute approximate surface area is 223 Å². The summed E-state index contributed by atoms with van der Waals surface area (Å²) < 4.78 is 40.0. The average Bonchev–Trinajstić information content (AvgIpc) is 3.29. The smallest absolute Gasteiger partial charge is 0.257 e. The normalized spacial score (nSPS) is 13.8. The van der Waals surface area contributed by atoms with Crippen molar-refractivity contribution in [1.82, 2.24) is 14.9 Å². The van der Waals surface area contributed by atoms with Crippen LogP contribution in [0.15, 0.2) is 72.9 Å². The summed E-state index contributed by atoms with van der Waals surface area (Å²) in [5.41, 5.74) is 4.26. The second-order valence-corrected chi connectivity index (χ2v) is 9.35. The van der Waals surface area contributed by atoms with Gasteiger partial charge in [-0.15, -0.1) is 0 Å². The number of benzene rings is 2. The van der Waals surface area contributed by atoms with Crippen molar-refractivity contribution in [2.75, 3.05) is 24.2 Å². The van der Waals surface area contributed by atoms with Crippen molar-refractivity contribution in [2.24, 2.45) is 0 Å². The highest BCUT2D eigenvalue weighted by molar-refractivity contribution is 6.06. The Morgan fingerprint density at radius 1 is 1.10 bits per heavy atom. The highest BCUT2D eigenvalue weighted by Gasteiger charge is 2.30. The summed E-state index contributed by atoms with van der Waals surface area (Å²) in [6.07, 6.45) is -1.33. The van der Waals surface area contributed by atoms with E-state index in [2.05, 4.69) is 20.6 Å². The lowest BCUT2D eigenvalue weighted by atomic mass is 9.95. The van der Waals surface area contributed by atoms with E-state index in [4.69, 9.17) is 0 Å². The molecule has 3 N–H and O–H groups in total. The lowest BCUT2D eigenvalue weighted by molar-refractivity contribution is -0.118. The van der Waals surface area contributed by atoms with E-state index in [1.165, 1.54) is 18.3 Å². The third-order valence-electron chi connectivity index (χ3n) is 6.68. The maximum absolute atomic E-state index is 13.4. The third-order valence-corrected chi connectivity index (χ3v) is 6.68. The summed E-state index contributed by atoms with van der Waals surface area (Å²) in [7, 11) is 1.75. The van der Waals surface area contributed by atoms with E-state index in [1.54, 1.807) is 24.1 Å². The first kappa shape index (κ1) is 26.0. The Kier molecular flexibility index (Phi) is 7.36. The minimum atomic E-state index is -2.74. The third kappa shape index (κ3) is 5.64. The number of nitrogens with zero attached hydrogens (tertiary/aromatic N) is 2.